The van der Waals surface area contributed by atoms with Crippen molar-refractivity contribution in [3.05, 3.63) is 77.6 Å². The number of benzene rings is 1. The molecule has 1 atom stereocenters. The van der Waals surface area contributed by atoms with Crippen molar-refractivity contribution in [2.45, 2.75) is 57.3 Å². The van der Waals surface area contributed by atoms with Gasteiger partial charge in [-0.3, -0.25) is 14.6 Å². The summed E-state index contributed by atoms with van der Waals surface area (Å²) < 4.78 is 74.4. The number of nitrogens with zero attached hydrogens (tertiary/aromatic N) is 6. The van der Waals surface area contributed by atoms with Crippen molar-refractivity contribution in [2.75, 3.05) is 23.4 Å². The van der Waals surface area contributed by atoms with Crippen molar-refractivity contribution in [2.24, 2.45) is 0 Å². The molecule has 1 aliphatic heterocycles. The standard InChI is InChI=1S/C31H31F3N6O6S/c1-18-7-10-22(11-8-18)47(44,45)39-14-13-20-9-12-24(36-26(20)39)37(6)27(41)23-17-38(29(43)46-30(3,4)5)28(42)40(23)25-16-21(31(32,33)34)15-19(2)35-25/h7-16,23H,17H2,1-6H3/t23-/m0/s1. The number of carbonyl (C=O) groups is 3. The number of hydrogen-bond acceptors (Lipinski definition) is 8. The van der Waals surface area contributed by atoms with Crippen molar-refractivity contribution in [3.8, 4) is 0 Å². The van der Waals surface area contributed by atoms with Gasteiger partial charge < -0.3 is 4.74 Å². The van der Waals surface area contributed by atoms with Crippen molar-refractivity contribution >= 4 is 50.7 Å². The molecule has 0 radical (unpaired) electrons. The maximum Gasteiger partial charge on any atom is 0.418 e. The van der Waals surface area contributed by atoms with E-state index in [0.717, 1.165) is 20.5 Å². The van der Waals surface area contributed by atoms with Crippen molar-refractivity contribution in [1.29, 1.82) is 0 Å². The lowest BCUT2D eigenvalue weighted by Gasteiger charge is -2.26. The van der Waals surface area contributed by atoms with Crippen LogP contribution in [0.4, 0.5) is 34.4 Å². The van der Waals surface area contributed by atoms with Crippen LogP contribution in [-0.4, -0.2) is 70.5 Å². The fourth-order valence-corrected chi connectivity index (χ4v) is 6.27. The highest BCUT2D eigenvalue weighted by Crippen LogP contribution is 2.34. The fraction of sp³-hybridized carbons (Fsp3) is 0.323. The normalized spacial score (nSPS) is 15.8. The van der Waals surface area contributed by atoms with Crippen LogP contribution in [0.15, 0.2) is 65.7 Å². The minimum Gasteiger partial charge on any atom is -0.443 e. The van der Waals surface area contributed by atoms with Crippen molar-refractivity contribution in [1.82, 2.24) is 18.8 Å². The van der Waals surface area contributed by atoms with Crippen LogP contribution in [0.5, 0.6) is 0 Å². The molecular weight excluding hydrogens is 641 g/mol. The fourth-order valence-electron chi connectivity index (χ4n) is 4.97. The second kappa shape index (κ2) is 11.7. The summed E-state index contributed by atoms with van der Waals surface area (Å²) in [5, 5.41) is 0.447. The number of alkyl halides is 3. The number of imide groups is 1. The van der Waals surface area contributed by atoms with E-state index in [1.54, 1.807) is 39.0 Å². The molecule has 0 N–H and O–H groups in total. The van der Waals surface area contributed by atoms with E-state index in [-0.39, 0.29) is 22.1 Å². The topological polar surface area (TPSA) is 135 Å². The molecular formula is C31H31F3N6O6S. The maximum atomic E-state index is 14.0. The number of aromatic nitrogens is 3. The molecule has 0 bridgehead atoms. The number of ether oxygens (including phenoxy) is 1. The van der Waals surface area contributed by atoms with Crippen LogP contribution in [0.2, 0.25) is 0 Å². The highest BCUT2D eigenvalue weighted by Gasteiger charge is 2.49. The van der Waals surface area contributed by atoms with Gasteiger partial charge in [0.05, 0.1) is 17.0 Å². The third kappa shape index (κ3) is 6.50. The first-order chi connectivity index (χ1) is 21.8. The molecule has 4 heterocycles. The molecule has 5 rings (SSSR count). The minimum atomic E-state index is -4.79. The Balaban J connectivity index is 1.55. The van der Waals surface area contributed by atoms with E-state index in [9.17, 15) is 36.0 Å². The number of carbonyl (C=O) groups excluding carboxylic acids is 3. The lowest BCUT2D eigenvalue weighted by atomic mass is 10.2. The Morgan fingerprint density at radius 3 is 2.26 bits per heavy atom. The first-order valence-electron chi connectivity index (χ1n) is 14.3. The number of halogens is 3. The van der Waals surface area contributed by atoms with E-state index >= 15 is 0 Å². The molecule has 4 amide bonds. The first kappa shape index (κ1) is 33.4. The number of rotatable bonds is 5. The van der Waals surface area contributed by atoms with E-state index in [4.69, 9.17) is 4.74 Å². The smallest absolute Gasteiger partial charge is 0.418 e. The van der Waals surface area contributed by atoms with Crippen LogP contribution in [-0.2, 0) is 25.7 Å². The predicted molar refractivity (Wildman–Crippen MR) is 165 cm³/mol. The Hall–Kier alpha value is -4.99. The van der Waals surface area contributed by atoms with Crippen LogP contribution < -0.4 is 9.80 Å². The molecule has 248 valence electrons. The van der Waals surface area contributed by atoms with Crippen LogP contribution in [0.3, 0.4) is 0 Å². The van der Waals surface area contributed by atoms with E-state index in [0.29, 0.717) is 21.3 Å². The van der Waals surface area contributed by atoms with E-state index < -0.39 is 63.8 Å². The van der Waals surface area contributed by atoms with Crippen LogP contribution in [0, 0.1) is 13.8 Å². The monoisotopic (exact) mass is 672 g/mol. The number of hydrogen-bond donors (Lipinski definition) is 0. The summed E-state index contributed by atoms with van der Waals surface area (Å²) in [5.41, 5.74) is -1.35. The second-order valence-corrected chi connectivity index (χ2v) is 13.8. The lowest BCUT2D eigenvalue weighted by molar-refractivity contribution is -0.137. The van der Waals surface area contributed by atoms with Crippen molar-refractivity contribution < 1.29 is 40.7 Å². The molecule has 12 nitrogen and oxygen atoms in total. The molecule has 0 aliphatic carbocycles. The predicted octanol–water partition coefficient (Wildman–Crippen LogP) is 5.51. The van der Waals surface area contributed by atoms with Crippen LogP contribution in [0.25, 0.3) is 11.0 Å². The molecule has 0 saturated carbocycles. The van der Waals surface area contributed by atoms with Gasteiger partial charge in [-0.05, 0) is 77.1 Å². The molecule has 4 aromatic rings. The summed E-state index contributed by atoms with van der Waals surface area (Å²) in [7, 11) is -2.77. The molecule has 16 heteroatoms. The third-order valence-corrected chi connectivity index (χ3v) is 8.94. The van der Waals surface area contributed by atoms with Gasteiger partial charge in [0.25, 0.3) is 15.9 Å². The van der Waals surface area contributed by atoms with Gasteiger partial charge in [-0.1, -0.05) is 17.7 Å². The molecule has 47 heavy (non-hydrogen) atoms. The summed E-state index contributed by atoms with van der Waals surface area (Å²) in [4.78, 5) is 51.5. The van der Waals surface area contributed by atoms with Crippen LogP contribution in [0.1, 0.15) is 37.6 Å². The number of aryl methyl sites for hydroxylation is 2. The van der Waals surface area contributed by atoms with Gasteiger partial charge in [-0.25, -0.2) is 36.8 Å². The number of anilines is 2. The molecule has 1 fully saturated rings. The SMILES string of the molecule is Cc1ccc(S(=O)(=O)n2ccc3ccc(N(C)C(=O)[C@@H]4CN(C(=O)OC(C)(C)C)C(=O)N4c4cc(C(F)(F)F)cc(C)n4)nc32)cc1. The summed E-state index contributed by atoms with van der Waals surface area (Å²) in [5.74, 6) is -1.37. The Morgan fingerprint density at radius 1 is 0.979 bits per heavy atom. The van der Waals surface area contributed by atoms with E-state index in [1.807, 2.05) is 6.92 Å². The average Bonchev–Trinajstić information content (AvgIpc) is 3.56. The van der Waals surface area contributed by atoms with Gasteiger partial charge in [0, 0.05) is 24.3 Å². The number of fused-ring (bicyclic) bond motifs is 1. The maximum absolute atomic E-state index is 14.0. The summed E-state index contributed by atoms with van der Waals surface area (Å²) in [6, 6.07) is 9.51. The van der Waals surface area contributed by atoms with E-state index in [1.165, 1.54) is 44.4 Å². The highest BCUT2D eigenvalue weighted by atomic mass is 32.2. The van der Waals surface area contributed by atoms with Gasteiger partial charge in [0.1, 0.15) is 23.3 Å². The number of likely N-dealkylation sites (N-methyl/N-ethyl adjacent to an activating group) is 1. The van der Waals surface area contributed by atoms with Gasteiger partial charge in [-0.15, -0.1) is 0 Å². The summed E-state index contributed by atoms with van der Waals surface area (Å²) in [6.45, 7) is 7.23. The van der Waals surface area contributed by atoms with Gasteiger partial charge in [-0.2, -0.15) is 13.2 Å². The average molecular weight is 673 g/mol. The number of amides is 4. The van der Waals surface area contributed by atoms with Crippen LogP contribution >= 0.6 is 0 Å². The quantitative estimate of drug-likeness (QED) is 0.271. The zero-order valence-electron chi connectivity index (χ0n) is 26.2. The second-order valence-electron chi connectivity index (χ2n) is 12.0. The number of urea groups is 1. The Labute approximate surface area is 268 Å². The molecule has 1 aliphatic rings. The Kier molecular flexibility index (Phi) is 8.29. The molecule has 0 spiro atoms. The molecule has 0 unspecified atom stereocenters. The largest absolute Gasteiger partial charge is 0.443 e. The van der Waals surface area contributed by atoms with Gasteiger partial charge >= 0.3 is 18.3 Å². The first-order valence-corrected chi connectivity index (χ1v) is 15.7. The zero-order valence-corrected chi connectivity index (χ0v) is 27.0. The Morgan fingerprint density at radius 2 is 1.64 bits per heavy atom. The lowest BCUT2D eigenvalue weighted by Crippen LogP contribution is -2.47. The molecule has 1 aromatic carbocycles. The molecule has 3 aromatic heterocycles. The highest BCUT2D eigenvalue weighted by molar-refractivity contribution is 7.90. The van der Waals surface area contributed by atoms with Gasteiger partial charge in [0.2, 0.25) is 0 Å². The van der Waals surface area contributed by atoms with E-state index in [2.05, 4.69) is 9.97 Å². The molecule has 1 saturated heterocycles. The van der Waals surface area contributed by atoms with Crippen molar-refractivity contribution in [3.63, 3.8) is 0 Å². The number of pyridine rings is 2. The summed E-state index contributed by atoms with van der Waals surface area (Å²) >= 11 is 0. The Bertz CT molecular complexity index is 2000. The minimum absolute atomic E-state index is 0.00707. The zero-order chi connectivity index (χ0) is 34.6. The van der Waals surface area contributed by atoms with Gasteiger partial charge in [0.15, 0.2) is 5.65 Å². The summed E-state index contributed by atoms with van der Waals surface area (Å²) in [6.07, 6.45) is -4.57. The third-order valence-electron chi connectivity index (χ3n) is 7.26.